The van der Waals surface area contributed by atoms with Crippen LogP contribution in [0.15, 0.2) is 60.7 Å². The number of nitrogens with zero attached hydrogens (tertiary/aromatic N) is 2. The van der Waals surface area contributed by atoms with Crippen molar-refractivity contribution < 1.29 is 13.6 Å². The lowest BCUT2D eigenvalue weighted by molar-refractivity contribution is 0.101. The smallest absolute Gasteiger partial charge is 0.272 e. The molecule has 0 aliphatic rings. The van der Waals surface area contributed by atoms with Crippen LogP contribution in [-0.4, -0.2) is 22.5 Å². The van der Waals surface area contributed by atoms with Crippen LogP contribution in [0.2, 0.25) is 0 Å². The van der Waals surface area contributed by atoms with Crippen LogP contribution in [0.5, 0.6) is 0 Å². The monoisotopic (exact) mass is 406 g/mol. The van der Waals surface area contributed by atoms with Crippen LogP contribution in [0, 0.1) is 18.6 Å². The van der Waals surface area contributed by atoms with Crippen LogP contribution < -0.4 is 10.6 Å². The number of nitrogens with one attached hydrogen (secondary N) is 2. The van der Waals surface area contributed by atoms with Gasteiger partial charge in [-0.3, -0.25) is 4.79 Å². The Morgan fingerprint density at radius 3 is 2.57 bits per heavy atom. The fraction of sp³-hybridized carbons (Fsp3) is 0.130. The second-order valence-corrected chi connectivity index (χ2v) is 6.98. The van der Waals surface area contributed by atoms with Crippen LogP contribution in [0.1, 0.15) is 21.7 Å². The van der Waals surface area contributed by atoms with Gasteiger partial charge in [-0.2, -0.15) is 0 Å². The van der Waals surface area contributed by atoms with Gasteiger partial charge >= 0.3 is 0 Å². The highest BCUT2D eigenvalue weighted by molar-refractivity contribution is 6.06. The number of aromatic nitrogens is 2. The Kier molecular flexibility index (Phi) is 5.18. The molecule has 7 heteroatoms. The fourth-order valence-electron chi connectivity index (χ4n) is 3.44. The lowest BCUT2D eigenvalue weighted by Gasteiger charge is -2.13. The molecule has 2 N–H and O–H groups in total. The standard InChI is InChI=1S/C23H20F2N4O/c1-14-19(7-9-22(26-2)27-14)28-23(30)21-12-16-11-18(25)6-8-20(16)29(21)13-15-4-3-5-17(24)10-15/h3-12H,13H2,1-2H3,(H,26,27)(H,28,30). The number of benzene rings is 2. The van der Waals surface area contributed by atoms with E-state index in [9.17, 15) is 13.6 Å². The first-order valence-corrected chi connectivity index (χ1v) is 9.44. The van der Waals surface area contributed by atoms with Crippen molar-refractivity contribution in [2.24, 2.45) is 0 Å². The van der Waals surface area contributed by atoms with Gasteiger partial charge in [-0.25, -0.2) is 13.8 Å². The van der Waals surface area contributed by atoms with E-state index in [-0.39, 0.29) is 24.1 Å². The summed E-state index contributed by atoms with van der Waals surface area (Å²) in [4.78, 5) is 17.5. The van der Waals surface area contributed by atoms with Gasteiger partial charge < -0.3 is 15.2 Å². The summed E-state index contributed by atoms with van der Waals surface area (Å²) in [7, 11) is 1.77. The van der Waals surface area contributed by atoms with Crippen LogP contribution in [0.4, 0.5) is 20.3 Å². The van der Waals surface area contributed by atoms with E-state index in [0.717, 1.165) is 0 Å². The van der Waals surface area contributed by atoms with Crippen molar-refractivity contribution in [2.45, 2.75) is 13.5 Å². The number of amides is 1. The average Bonchev–Trinajstić information content (AvgIpc) is 3.07. The highest BCUT2D eigenvalue weighted by Crippen LogP contribution is 2.24. The van der Waals surface area contributed by atoms with Gasteiger partial charge in [0.1, 0.15) is 23.1 Å². The van der Waals surface area contributed by atoms with Gasteiger partial charge in [-0.15, -0.1) is 0 Å². The number of aryl methyl sites for hydroxylation is 1. The minimum absolute atomic E-state index is 0.269. The Labute approximate surface area is 172 Å². The van der Waals surface area contributed by atoms with Crippen LogP contribution in [0.3, 0.4) is 0 Å². The number of fused-ring (bicyclic) bond motifs is 1. The van der Waals surface area contributed by atoms with E-state index < -0.39 is 0 Å². The Bertz CT molecular complexity index is 1250. The van der Waals surface area contributed by atoms with Crippen molar-refractivity contribution in [1.29, 1.82) is 0 Å². The van der Waals surface area contributed by atoms with Crippen LogP contribution in [0.25, 0.3) is 10.9 Å². The lowest BCUT2D eigenvalue weighted by atomic mass is 10.2. The summed E-state index contributed by atoms with van der Waals surface area (Å²) in [5.74, 6) is -0.404. The molecule has 0 atom stereocenters. The number of hydrogen-bond acceptors (Lipinski definition) is 3. The maximum atomic E-state index is 13.8. The third-order valence-corrected chi connectivity index (χ3v) is 4.92. The van der Waals surface area contributed by atoms with E-state index in [2.05, 4.69) is 15.6 Å². The summed E-state index contributed by atoms with van der Waals surface area (Å²) in [6.07, 6.45) is 0. The van der Waals surface area contributed by atoms with Gasteiger partial charge in [0.2, 0.25) is 0 Å². The summed E-state index contributed by atoms with van der Waals surface area (Å²) >= 11 is 0. The number of halogens is 2. The number of anilines is 2. The van der Waals surface area contributed by atoms with Gasteiger partial charge in [0.25, 0.3) is 5.91 Å². The topological polar surface area (TPSA) is 58.9 Å². The zero-order valence-corrected chi connectivity index (χ0v) is 16.5. The number of hydrogen-bond donors (Lipinski definition) is 2. The van der Waals surface area contributed by atoms with E-state index in [1.165, 1.54) is 24.3 Å². The number of carbonyl (C=O) groups is 1. The van der Waals surface area contributed by atoms with Gasteiger partial charge in [-0.05, 0) is 61.0 Å². The maximum Gasteiger partial charge on any atom is 0.272 e. The molecule has 5 nitrogen and oxygen atoms in total. The number of carbonyl (C=O) groups excluding carboxylic acids is 1. The van der Waals surface area contributed by atoms with Crippen LogP contribution in [-0.2, 0) is 6.54 Å². The highest BCUT2D eigenvalue weighted by Gasteiger charge is 2.18. The molecule has 152 valence electrons. The number of pyridine rings is 1. The van der Waals surface area contributed by atoms with E-state index in [1.54, 1.807) is 54.9 Å². The molecule has 4 rings (SSSR count). The molecule has 0 fully saturated rings. The molecule has 0 saturated heterocycles. The first-order valence-electron chi connectivity index (χ1n) is 9.44. The van der Waals surface area contributed by atoms with E-state index in [4.69, 9.17) is 0 Å². The molecular formula is C23H20F2N4O. The van der Waals surface area contributed by atoms with Crippen molar-refractivity contribution in [1.82, 2.24) is 9.55 Å². The lowest BCUT2D eigenvalue weighted by Crippen LogP contribution is -2.18. The molecule has 30 heavy (non-hydrogen) atoms. The quantitative estimate of drug-likeness (QED) is 0.492. The second-order valence-electron chi connectivity index (χ2n) is 6.98. The minimum atomic E-state index is -0.389. The SMILES string of the molecule is CNc1ccc(NC(=O)c2cc3cc(F)ccc3n2Cc2cccc(F)c2)c(C)n1. The predicted molar refractivity (Wildman–Crippen MR) is 114 cm³/mol. The average molecular weight is 406 g/mol. The van der Waals surface area contributed by atoms with E-state index >= 15 is 0 Å². The molecule has 2 heterocycles. The molecule has 0 aliphatic heterocycles. The molecular weight excluding hydrogens is 386 g/mol. The third kappa shape index (κ3) is 3.87. The van der Waals surface area contributed by atoms with Gasteiger partial charge in [-0.1, -0.05) is 12.1 Å². The summed E-state index contributed by atoms with van der Waals surface area (Å²) in [5.41, 5.74) is 2.96. The zero-order valence-electron chi connectivity index (χ0n) is 16.5. The Morgan fingerprint density at radius 2 is 1.83 bits per heavy atom. The second kappa shape index (κ2) is 7.94. The van der Waals surface area contributed by atoms with Crippen molar-refractivity contribution in [3.05, 3.63) is 89.2 Å². The first kappa shape index (κ1) is 19.6. The van der Waals surface area contributed by atoms with Crippen molar-refractivity contribution in [2.75, 3.05) is 17.7 Å². The molecule has 0 unspecified atom stereocenters. The Hall–Kier alpha value is -3.74. The van der Waals surface area contributed by atoms with Crippen molar-refractivity contribution in [3.8, 4) is 0 Å². The minimum Gasteiger partial charge on any atom is -0.373 e. The fourth-order valence-corrected chi connectivity index (χ4v) is 3.44. The molecule has 1 amide bonds. The largest absolute Gasteiger partial charge is 0.373 e. The Balaban J connectivity index is 1.74. The molecule has 2 aromatic heterocycles. The normalized spacial score (nSPS) is 10.9. The summed E-state index contributed by atoms with van der Waals surface area (Å²) in [6.45, 7) is 2.07. The van der Waals surface area contributed by atoms with Gasteiger partial charge in [0.05, 0.1) is 11.4 Å². The Morgan fingerprint density at radius 1 is 1.03 bits per heavy atom. The van der Waals surface area contributed by atoms with Crippen molar-refractivity contribution >= 4 is 28.3 Å². The summed E-state index contributed by atoms with van der Waals surface area (Å²) < 4.78 is 29.2. The molecule has 0 radical (unpaired) electrons. The van der Waals surface area contributed by atoms with Crippen LogP contribution >= 0.6 is 0 Å². The summed E-state index contributed by atoms with van der Waals surface area (Å²) in [6, 6.07) is 15.7. The van der Waals surface area contributed by atoms with Gasteiger partial charge in [0.15, 0.2) is 0 Å². The highest BCUT2D eigenvalue weighted by atomic mass is 19.1. The third-order valence-electron chi connectivity index (χ3n) is 4.92. The van der Waals surface area contributed by atoms with E-state index in [1.807, 2.05) is 0 Å². The molecule has 2 aromatic carbocycles. The molecule has 0 bridgehead atoms. The molecule has 0 aliphatic carbocycles. The maximum absolute atomic E-state index is 13.8. The van der Waals surface area contributed by atoms with Gasteiger partial charge in [0, 0.05) is 24.5 Å². The number of rotatable bonds is 5. The molecule has 0 spiro atoms. The van der Waals surface area contributed by atoms with E-state index in [0.29, 0.717) is 39.4 Å². The molecule has 4 aromatic rings. The zero-order chi connectivity index (χ0) is 21.3. The predicted octanol–water partition coefficient (Wildman–Crippen LogP) is 4.97. The molecule has 0 saturated carbocycles. The summed E-state index contributed by atoms with van der Waals surface area (Å²) in [5, 5.41) is 6.42. The van der Waals surface area contributed by atoms with Crippen molar-refractivity contribution in [3.63, 3.8) is 0 Å². The first-order chi connectivity index (χ1) is 14.4.